The SMILES string of the molecule is O=C(O)C1CN(C(=O)C2CC(=O)N(CC(F)(F)F)C2)CCO1. The molecule has 0 aromatic carbocycles. The first kappa shape index (κ1) is 16.5. The normalized spacial score (nSPS) is 26.4. The van der Waals surface area contributed by atoms with Crippen molar-refractivity contribution in [1.82, 2.24) is 9.80 Å². The van der Waals surface area contributed by atoms with Crippen LogP contribution in [0.25, 0.3) is 0 Å². The van der Waals surface area contributed by atoms with Crippen LogP contribution in [-0.2, 0) is 19.1 Å². The van der Waals surface area contributed by atoms with Gasteiger partial charge in [0.2, 0.25) is 11.8 Å². The van der Waals surface area contributed by atoms with Crippen LogP contribution in [0.4, 0.5) is 13.2 Å². The van der Waals surface area contributed by atoms with E-state index in [0.717, 1.165) is 0 Å². The molecule has 0 aromatic rings. The second kappa shape index (κ2) is 6.11. The summed E-state index contributed by atoms with van der Waals surface area (Å²) in [6.07, 6.45) is -5.95. The Balaban J connectivity index is 1.96. The first-order chi connectivity index (χ1) is 10.2. The van der Waals surface area contributed by atoms with E-state index in [4.69, 9.17) is 9.84 Å². The fourth-order valence-corrected chi connectivity index (χ4v) is 2.56. The average Bonchev–Trinajstić information content (AvgIpc) is 2.77. The number of carboxylic acid groups (broad SMARTS) is 1. The number of ether oxygens (including phenoxy) is 1. The van der Waals surface area contributed by atoms with E-state index in [0.29, 0.717) is 4.90 Å². The molecule has 1 N–H and O–H groups in total. The summed E-state index contributed by atoms with van der Waals surface area (Å²) in [5, 5.41) is 8.86. The molecule has 2 atom stereocenters. The Bertz CT molecular complexity index is 482. The van der Waals surface area contributed by atoms with E-state index in [1.165, 1.54) is 4.90 Å². The number of aliphatic carboxylic acids is 1. The molecule has 2 amide bonds. The quantitative estimate of drug-likeness (QED) is 0.771. The number of carbonyl (C=O) groups is 3. The molecule has 0 radical (unpaired) electrons. The molecule has 2 unspecified atom stereocenters. The molecule has 2 saturated heterocycles. The number of amides is 2. The molecule has 10 heteroatoms. The van der Waals surface area contributed by atoms with Gasteiger partial charge in [0.25, 0.3) is 0 Å². The number of alkyl halides is 3. The summed E-state index contributed by atoms with van der Waals surface area (Å²) in [5.41, 5.74) is 0. The van der Waals surface area contributed by atoms with Crippen molar-refractivity contribution >= 4 is 17.8 Å². The van der Waals surface area contributed by atoms with E-state index < -0.39 is 42.5 Å². The van der Waals surface area contributed by atoms with Crippen LogP contribution in [0, 0.1) is 5.92 Å². The molecule has 0 spiro atoms. The molecule has 22 heavy (non-hydrogen) atoms. The molecule has 124 valence electrons. The summed E-state index contributed by atoms with van der Waals surface area (Å²) in [4.78, 5) is 36.5. The van der Waals surface area contributed by atoms with Crippen LogP contribution >= 0.6 is 0 Å². The second-order valence-corrected chi connectivity index (χ2v) is 5.27. The van der Waals surface area contributed by atoms with Crippen LogP contribution in [0.1, 0.15) is 6.42 Å². The number of halogens is 3. The number of rotatable bonds is 3. The summed E-state index contributed by atoms with van der Waals surface area (Å²) in [5.74, 6) is -3.31. The highest BCUT2D eigenvalue weighted by atomic mass is 19.4. The Morgan fingerprint density at radius 3 is 2.59 bits per heavy atom. The van der Waals surface area contributed by atoms with Crippen molar-refractivity contribution < 1.29 is 37.4 Å². The predicted molar refractivity (Wildman–Crippen MR) is 64.7 cm³/mol. The average molecular weight is 324 g/mol. The zero-order valence-electron chi connectivity index (χ0n) is 11.5. The molecule has 2 aliphatic heterocycles. The van der Waals surface area contributed by atoms with Crippen molar-refractivity contribution in [3.8, 4) is 0 Å². The third-order valence-corrected chi connectivity index (χ3v) is 3.59. The maximum atomic E-state index is 12.3. The molecule has 2 rings (SSSR count). The van der Waals surface area contributed by atoms with E-state index in [2.05, 4.69) is 0 Å². The Morgan fingerprint density at radius 2 is 2.00 bits per heavy atom. The number of hydrogen-bond donors (Lipinski definition) is 1. The van der Waals surface area contributed by atoms with Gasteiger partial charge in [0.15, 0.2) is 6.10 Å². The lowest BCUT2D eigenvalue weighted by Crippen LogP contribution is -2.50. The molecule has 2 fully saturated rings. The number of carboxylic acids is 1. The lowest BCUT2D eigenvalue weighted by atomic mass is 10.1. The highest BCUT2D eigenvalue weighted by Gasteiger charge is 2.42. The van der Waals surface area contributed by atoms with Gasteiger partial charge in [-0.15, -0.1) is 0 Å². The first-order valence-electron chi connectivity index (χ1n) is 6.65. The zero-order chi connectivity index (χ0) is 16.5. The summed E-state index contributed by atoms with van der Waals surface area (Å²) < 4.78 is 42.0. The van der Waals surface area contributed by atoms with Crippen molar-refractivity contribution in [1.29, 1.82) is 0 Å². The van der Waals surface area contributed by atoms with E-state index >= 15 is 0 Å². The van der Waals surface area contributed by atoms with Gasteiger partial charge in [0, 0.05) is 19.5 Å². The second-order valence-electron chi connectivity index (χ2n) is 5.27. The Kier molecular flexibility index (Phi) is 4.59. The number of likely N-dealkylation sites (tertiary alicyclic amines) is 1. The van der Waals surface area contributed by atoms with E-state index in [1.807, 2.05) is 0 Å². The number of nitrogens with zero attached hydrogens (tertiary/aromatic N) is 2. The van der Waals surface area contributed by atoms with Crippen molar-refractivity contribution in [3.63, 3.8) is 0 Å². The molecule has 0 aliphatic carbocycles. The predicted octanol–water partition coefficient (Wildman–Crippen LogP) is -0.291. The van der Waals surface area contributed by atoms with Gasteiger partial charge in [-0.2, -0.15) is 13.2 Å². The standard InChI is InChI=1S/C12H15F3N2O5/c13-12(14,15)6-17-4-7(3-9(17)18)10(19)16-1-2-22-8(5-16)11(20)21/h7-8H,1-6H2,(H,20,21). The molecule has 7 nitrogen and oxygen atoms in total. The van der Waals surface area contributed by atoms with Crippen molar-refractivity contribution in [3.05, 3.63) is 0 Å². The van der Waals surface area contributed by atoms with Crippen molar-refractivity contribution in [2.75, 3.05) is 32.8 Å². The highest BCUT2D eigenvalue weighted by molar-refractivity contribution is 5.89. The number of morpholine rings is 1. The van der Waals surface area contributed by atoms with Crippen LogP contribution < -0.4 is 0 Å². The smallest absolute Gasteiger partial charge is 0.406 e. The Morgan fingerprint density at radius 1 is 1.32 bits per heavy atom. The van der Waals surface area contributed by atoms with Gasteiger partial charge >= 0.3 is 12.1 Å². The molecular formula is C12H15F3N2O5. The first-order valence-corrected chi connectivity index (χ1v) is 6.65. The largest absolute Gasteiger partial charge is 0.479 e. The minimum Gasteiger partial charge on any atom is -0.479 e. The van der Waals surface area contributed by atoms with Crippen LogP contribution in [-0.4, -0.2) is 77.8 Å². The van der Waals surface area contributed by atoms with E-state index in [9.17, 15) is 27.6 Å². The van der Waals surface area contributed by atoms with Gasteiger partial charge in [0.05, 0.1) is 19.1 Å². The molecule has 0 bridgehead atoms. The minimum atomic E-state index is -4.51. The minimum absolute atomic E-state index is 0.0373. The Labute approximate surface area is 123 Å². The molecular weight excluding hydrogens is 309 g/mol. The Hall–Kier alpha value is -1.84. The summed E-state index contributed by atoms with van der Waals surface area (Å²) >= 11 is 0. The summed E-state index contributed by atoms with van der Waals surface area (Å²) in [6, 6.07) is 0. The van der Waals surface area contributed by atoms with Crippen LogP contribution in [0.15, 0.2) is 0 Å². The highest BCUT2D eigenvalue weighted by Crippen LogP contribution is 2.25. The van der Waals surface area contributed by atoms with Gasteiger partial charge in [-0.3, -0.25) is 9.59 Å². The lowest BCUT2D eigenvalue weighted by Gasteiger charge is -2.32. The molecule has 0 saturated carbocycles. The van der Waals surface area contributed by atoms with Gasteiger partial charge in [-0.05, 0) is 0 Å². The van der Waals surface area contributed by atoms with E-state index in [1.54, 1.807) is 0 Å². The maximum absolute atomic E-state index is 12.3. The third-order valence-electron chi connectivity index (χ3n) is 3.59. The molecule has 2 aliphatic rings. The lowest BCUT2D eigenvalue weighted by molar-refractivity contribution is -0.161. The van der Waals surface area contributed by atoms with Crippen LogP contribution in [0.3, 0.4) is 0 Å². The maximum Gasteiger partial charge on any atom is 0.406 e. The molecule has 0 aromatic heterocycles. The molecule has 2 heterocycles. The van der Waals surface area contributed by atoms with Crippen molar-refractivity contribution in [2.24, 2.45) is 5.92 Å². The summed E-state index contributed by atoms with van der Waals surface area (Å²) in [7, 11) is 0. The van der Waals surface area contributed by atoms with Crippen LogP contribution in [0.5, 0.6) is 0 Å². The van der Waals surface area contributed by atoms with E-state index in [-0.39, 0.29) is 32.7 Å². The van der Waals surface area contributed by atoms with Gasteiger partial charge in [-0.25, -0.2) is 4.79 Å². The number of carbonyl (C=O) groups excluding carboxylic acids is 2. The number of hydrogen-bond acceptors (Lipinski definition) is 4. The van der Waals surface area contributed by atoms with Gasteiger partial charge in [-0.1, -0.05) is 0 Å². The fraction of sp³-hybridized carbons (Fsp3) is 0.750. The van der Waals surface area contributed by atoms with Gasteiger partial charge < -0.3 is 19.6 Å². The summed E-state index contributed by atoms with van der Waals surface area (Å²) in [6.45, 7) is -1.65. The zero-order valence-corrected chi connectivity index (χ0v) is 11.5. The van der Waals surface area contributed by atoms with Gasteiger partial charge in [0.1, 0.15) is 6.54 Å². The van der Waals surface area contributed by atoms with Crippen LogP contribution in [0.2, 0.25) is 0 Å². The topological polar surface area (TPSA) is 87.2 Å². The monoisotopic (exact) mass is 324 g/mol. The fourth-order valence-electron chi connectivity index (χ4n) is 2.56. The third kappa shape index (κ3) is 3.87. The van der Waals surface area contributed by atoms with Crippen molar-refractivity contribution in [2.45, 2.75) is 18.7 Å².